The first-order chi connectivity index (χ1) is 6.61. The van der Waals surface area contributed by atoms with Gasteiger partial charge in [0.1, 0.15) is 6.23 Å². The molecular formula is C9H18N2O3. The fraction of sp³-hybridized carbons (Fsp3) is 0.889. The van der Waals surface area contributed by atoms with E-state index in [1.165, 1.54) is 0 Å². The van der Waals surface area contributed by atoms with Crippen molar-refractivity contribution in [2.75, 3.05) is 13.2 Å². The van der Waals surface area contributed by atoms with Crippen LogP contribution in [0.2, 0.25) is 0 Å². The van der Waals surface area contributed by atoms with Crippen LogP contribution in [0.5, 0.6) is 0 Å². The number of amides is 1. The van der Waals surface area contributed by atoms with Crippen molar-refractivity contribution >= 4 is 5.91 Å². The van der Waals surface area contributed by atoms with Gasteiger partial charge < -0.3 is 15.9 Å². The van der Waals surface area contributed by atoms with Gasteiger partial charge in [0.2, 0.25) is 5.91 Å². The Morgan fingerprint density at radius 3 is 2.71 bits per heavy atom. The molecule has 82 valence electrons. The lowest BCUT2D eigenvalue weighted by Crippen LogP contribution is -2.48. The minimum atomic E-state index is -0.738. The summed E-state index contributed by atoms with van der Waals surface area (Å²) >= 11 is 0. The molecule has 5 nitrogen and oxygen atoms in total. The number of rotatable bonds is 4. The summed E-state index contributed by atoms with van der Waals surface area (Å²) in [5.41, 5.74) is 5.22. The van der Waals surface area contributed by atoms with Crippen LogP contribution < -0.4 is 5.73 Å². The molecule has 14 heavy (non-hydrogen) atoms. The van der Waals surface area contributed by atoms with Gasteiger partial charge in [0.15, 0.2) is 0 Å². The van der Waals surface area contributed by atoms with Crippen molar-refractivity contribution in [3.8, 4) is 0 Å². The predicted octanol–water partition coefficient (Wildman–Crippen LogP) is -1.12. The third-order valence-electron chi connectivity index (χ3n) is 2.87. The molecule has 3 unspecified atom stereocenters. The number of aliphatic hydroxyl groups excluding tert-OH is 2. The number of hydrogen-bond donors (Lipinski definition) is 3. The lowest BCUT2D eigenvalue weighted by molar-refractivity contribution is -0.128. The first-order valence-electron chi connectivity index (χ1n) is 4.95. The van der Waals surface area contributed by atoms with Gasteiger partial charge in [-0.05, 0) is 12.8 Å². The molecule has 0 radical (unpaired) electrons. The van der Waals surface area contributed by atoms with Gasteiger partial charge in [0, 0.05) is 19.1 Å². The molecule has 0 aromatic carbocycles. The van der Waals surface area contributed by atoms with Crippen molar-refractivity contribution in [2.45, 2.75) is 32.0 Å². The largest absolute Gasteiger partial charge is 0.396 e. The quantitative estimate of drug-likeness (QED) is 0.539. The zero-order valence-corrected chi connectivity index (χ0v) is 8.39. The van der Waals surface area contributed by atoms with E-state index in [0.29, 0.717) is 19.4 Å². The molecule has 1 rings (SSSR count). The van der Waals surface area contributed by atoms with Crippen LogP contribution in [0.25, 0.3) is 0 Å². The van der Waals surface area contributed by atoms with E-state index >= 15 is 0 Å². The molecule has 3 atom stereocenters. The van der Waals surface area contributed by atoms with Crippen LogP contribution in [0.3, 0.4) is 0 Å². The lowest BCUT2D eigenvalue weighted by Gasteiger charge is -2.28. The van der Waals surface area contributed by atoms with Gasteiger partial charge in [-0.2, -0.15) is 0 Å². The molecule has 1 heterocycles. The Morgan fingerprint density at radius 2 is 2.36 bits per heavy atom. The van der Waals surface area contributed by atoms with E-state index in [1.807, 2.05) is 6.92 Å². The second-order valence-electron chi connectivity index (χ2n) is 3.71. The number of hydrogen-bond acceptors (Lipinski definition) is 4. The summed E-state index contributed by atoms with van der Waals surface area (Å²) in [4.78, 5) is 12.7. The minimum absolute atomic E-state index is 0.0487. The number of carbonyl (C=O) groups excluding carboxylic acids is 1. The Balaban J connectivity index is 2.65. The maximum absolute atomic E-state index is 11.1. The van der Waals surface area contributed by atoms with Gasteiger partial charge in [0.05, 0.1) is 6.04 Å². The molecule has 0 spiro atoms. The Bertz CT molecular complexity index is 210. The highest BCUT2D eigenvalue weighted by atomic mass is 16.3. The van der Waals surface area contributed by atoms with Crippen molar-refractivity contribution in [1.29, 1.82) is 0 Å². The first-order valence-corrected chi connectivity index (χ1v) is 4.95. The summed E-state index contributed by atoms with van der Waals surface area (Å²) < 4.78 is 0. The van der Waals surface area contributed by atoms with Gasteiger partial charge in [-0.1, -0.05) is 6.92 Å². The average molecular weight is 202 g/mol. The van der Waals surface area contributed by atoms with Crippen molar-refractivity contribution in [3.63, 3.8) is 0 Å². The fourth-order valence-corrected chi connectivity index (χ4v) is 1.99. The van der Waals surface area contributed by atoms with E-state index in [-0.39, 0.29) is 12.5 Å². The van der Waals surface area contributed by atoms with Crippen molar-refractivity contribution in [1.82, 2.24) is 4.90 Å². The Morgan fingerprint density at radius 1 is 1.71 bits per heavy atom. The average Bonchev–Trinajstić information content (AvgIpc) is 2.49. The highest BCUT2D eigenvalue weighted by molar-refractivity contribution is 5.79. The summed E-state index contributed by atoms with van der Waals surface area (Å²) in [6.45, 7) is 2.43. The molecule has 5 heteroatoms. The molecule has 0 aromatic heterocycles. The summed E-state index contributed by atoms with van der Waals surface area (Å²) in [5, 5.41) is 18.7. The smallest absolute Gasteiger partial charge is 0.234 e. The van der Waals surface area contributed by atoms with Gasteiger partial charge >= 0.3 is 0 Å². The van der Waals surface area contributed by atoms with Gasteiger partial charge in [-0.3, -0.25) is 9.69 Å². The van der Waals surface area contributed by atoms with Crippen LogP contribution in [-0.4, -0.2) is 46.4 Å². The molecule has 1 amide bonds. The minimum Gasteiger partial charge on any atom is -0.396 e. The van der Waals surface area contributed by atoms with Crippen LogP contribution >= 0.6 is 0 Å². The lowest BCUT2D eigenvalue weighted by atomic mass is 10.1. The van der Waals surface area contributed by atoms with E-state index in [4.69, 9.17) is 10.8 Å². The second kappa shape index (κ2) is 4.72. The molecule has 0 bridgehead atoms. The molecule has 0 saturated carbocycles. The molecule has 4 N–H and O–H groups in total. The fourth-order valence-electron chi connectivity index (χ4n) is 1.99. The van der Waals surface area contributed by atoms with Crippen LogP contribution in [0.4, 0.5) is 0 Å². The molecule has 1 aliphatic rings. The maximum Gasteiger partial charge on any atom is 0.234 e. The molecule has 1 aliphatic heterocycles. The van der Waals surface area contributed by atoms with Crippen molar-refractivity contribution in [2.24, 2.45) is 11.7 Å². The topological polar surface area (TPSA) is 86.8 Å². The van der Waals surface area contributed by atoms with Gasteiger partial charge in [-0.15, -0.1) is 0 Å². The summed E-state index contributed by atoms with van der Waals surface area (Å²) in [6, 6.07) is -0.415. The summed E-state index contributed by atoms with van der Waals surface area (Å²) in [6.07, 6.45) is 0.559. The molecule has 0 aliphatic carbocycles. The number of aliphatic hydroxyl groups is 2. The van der Waals surface area contributed by atoms with Gasteiger partial charge in [0.25, 0.3) is 0 Å². The first kappa shape index (κ1) is 11.4. The zero-order valence-electron chi connectivity index (χ0n) is 8.39. The van der Waals surface area contributed by atoms with Crippen LogP contribution in [-0.2, 0) is 4.79 Å². The Labute approximate surface area is 83.5 Å². The monoisotopic (exact) mass is 202 g/mol. The van der Waals surface area contributed by atoms with Crippen LogP contribution in [0, 0.1) is 5.92 Å². The molecular weight excluding hydrogens is 184 g/mol. The van der Waals surface area contributed by atoms with Crippen molar-refractivity contribution in [3.05, 3.63) is 0 Å². The van der Waals surface area contributed by atoms with E-state index in [9.17, 15) is 9.90 Å². The molecule has 0 aromatic rings. The Kier molecular flexibility index (Phi) is 3.86. The SMILES string of the molecule is CCC(C(N)=O)N1CCC(CO)C1O. The Hall–Kier alpha value is -0.650. The normalized spacial score (nSPS) is 30.5. The van der Waals surface area contributed by atoms with Crippen LogP contribution in [0.15, 0.2) is 0 Å². The number of nitrogens with zero attached hydrogens (tertiary/aromatic N) is 1. The number of primary amides is 1. The maximum atomic E-state index is 11.1. The predicted molar refractivity (Wildman–Crippen MR) is 51.2 cm³/mol. The van der Waals surface area contributed by atoms with Gasteiger partial charge in [-0.25, -0.2) is 0 Å². The summed E-state index contributed by atoms with van der Waals surface area (Å²) in [7, 11) is 0. The number of likely N-dealkylation sites (tertiary alicyclic amines) is 1. The molecule has 1 fully saturated rings. The van der Waals surface area contributed by atoms with E-state index < -0.39 is 18.2 Å². The third-order valence-corrected chi connectivity index (χ3v) is 2.87. The number of nitrogens with two attached hydrogens (primary N) is 1. The van der Waals surface area contributed by atoms with E-state index in [2.05, 4.69) is 0 Å². The van der Waals surface area contributed by atoms with Crippen molar-refractivity contribution < 1.29 is 15.0 Å². The summed E-state index contributed by atoms with van der Waals surface area (Å²) in [5.74, 6) is -0.562. The standard InChI is InChI=1S/C9H18N2O3/c1-2-7(8(10)13)11-4-3-6(5-12)9(11)14/h6-7,9,12,14H,2-5H2,1H3,(H2,10,13). The zero-order chi connectivity index (χ0) is 10.7. The highest BCUT2D eigenvalue weighted by Crippen LogP contribution is 2.24. The third kappa shape index (κ3) is 2.05. The van der Waals surface area contributed by atoms with E-state index in [1.54, 1.807) is 4.90 Å². The highest BCUT2D eigenvalue weighted by Gasteiger charge is 2.37. The second-order valence-corrected chi connectivity index (χ2v) is 3.71. The molecule has 1 saturated heterocycles. The number of carbonyl (C=O) groups is 1. The van der Waals surface area contributed by atoms with Crippen LogP contribution in [0.1, 0.15) is 19.8 Å². The van der Waals surface area contributed by atoms with E-state index in [0.717, 1.165) is 0 Å².